The number of halogens is 4. The maximum absolute atomic E-state index is 14.0. The van der Waals surface area contributed by atoms with Gasteiger partial charge in [-0.3, -0.25) is 4.68 Å². The van der Waals surface area contributed by atoms with Gasteiger partial charge in [0.05, 0.1) is 13.3 Å². The van der Waals surface area contributed by atoms with Crippen LogP contribution in [0.1, 0.15) is 13.8 Å². The molecule has 126 valence electrons. The molecule has 0 fully saturated rings. The van der Waals surface area contributed by atoms with E-state index in [0.717, 1.165) is 13.1 Å². The van der Waals surface area contributed by atoms with Crippen molar-refractivity contribution in [3.05, 3.63) is 30.2 Å². The first-order valence-electron chi connectivity index (χ1n) is 7.00. The number of methoxy groups -OCH3 is 1. The van der Waals surface area contributed by atoms with Crippen LogP contribution in [0.25, 0.3) is 11.3 Å². The number of ether oxygens (including phenoxy) is 1. The topological polar surface area (TPSA) is 39.1 Å². The lowest BCUT2D eigenvalue weighted by Gasteiger charge is -2.19. The second-order valence-corrected chi connectivity index (χ2v) is 4.98. The fourth-order valence-corrected chi connectivity index (χ4v) is 2.18. The van der Waals surface area contributed by atoms with Gasteiger partial charge in [0.1, 0.15) is 17.5 Å². The minimum atomic E-state index is -4.36. The van der Waals surface area contributed by atoms with Gasteiger partial charge in [-0.05, 0) is 26.0 Å². The lowest BCUT2D eigenvalue weighted by Crippen LogP contribution is -2.33. The van der Waals surface area contributed by atoms with Crippen LogP contribution in [-0.4, -0.2) is 29.1 Å². The SMILES string of the molecule is CCn1ncc(F)c1-c1ccc(N[C@H](C)C(F)(F)F)cc1OC. The van der Waals surface area contributed by atoms with Gasteiger partial charge in [0.25, 0.3) is 0 Å². The molecule has 4 nitrogen and oxygen atoms in total. The Labute approximate surface area is 131 Å². The summed E-state index contributed by atoms with van der Waals surface area (Å²) in [6.07, 6.45) is -3.27. The number of benzene rings is 1. The van der Waals surface area contributed by atoms with Gasteiger partial charge in [-0.2, -0.15) is 18.3 Å². The molecule has 1 aromatic carbocycles. The van der Waals surface area contributed by atoms with Crippen molar-refractivity contribution in [3.63, 3.8) is 0 Å². The van der Waals surface area contributed by atoms with E-state index >= 15 is 0 Å². The predicted molar refractivity (Wildman–Crippen MR) is 79.0 cm³/mol. The first-order chi connectivity index (χ1) is 10.8. The number of aromatic nitrogens is 2. The Bertz CT molecular complexity index is 682. The van der Waals surface area contributed by atoms with Crippen molar-refractivity contribution < 1.29 is 22.3 Å². The largest absolute Gasteiger partial charge is 0.496 e. The van der Waals surface area contributed by atoms with Crippen LogP contribution in [0, 0.1) is 5.82 Å². The zero-order chi connectivity index (χ0) is 17.2. The molecule has 8 heteroatoms. The molecular formula is C15H17F4N3O. The zero-order valence-corrected chi connectivity index (χ0v) is 12.9. The highest BCUT2D eigenvalue weighted by Crippen LogP contribution is 2.35. The Morgan fingerprint density at radius 3 is 2.61 bits per heavy atom. The number of anilines is 1. The molecule has 0 amide bonds. The molecule has 23 heavy (non-hydrogen) atoms. The molecule has 0 aliphatic carbocycles. The Hall–Kier alpha value is -2.25. The molecule has 1 atom stereocenters. The number of aryl methyl sites for hydroxylation is 1. The molecule has 0 spiro atoms. The molecule has 0 aliphatic heterocycles. The van der Waals surface area contributed by atoms with Crippen molar-refractivity contribution in [1.29, 1.82) is 0 Å². The third-order valence-corrected chi connectivity index (χ3v) is 3.43. The van der Waals surface area contributed by atoms with Crippen molar-refractivity contribution >= 4 is 5.69 Å². The highest BCUT2D eigenvalue weighted by Gasteiger charge is 2.36. The van der Waals surface area contributed by atoms with E-state index in [1.54, 1.807) is 0 Å². The number of alkyl halides is 3. The Balaban J connectivity index is 2.39. The van der Waals surface area contributed by atoms with Crippen LogP contribution in [0.5, 0.6) is 5.75 Å². The molecule has 0 radical (unpaired) electrons. The Kier molecular flexibility index (Phi) is 4.82. The standard InChI is InChI=1S/C15H17F4N3O/c1-4-22-14(12(16)8-20-22)11-6-5-10(7-13(11)23-3)21-9(2)15(17,18)19/h5-9,21H,4H2,1-3H3/t9-/m1/s1. The van der Waals surface area contributed by atoms with Crippen LogP contribution < -0.4 is 10.1 Å². The summed E-state index contributed by atoms with van der Waals surface area (Å²) in [5.74, 6) is -0.256. The molecular weight excluding hydrogens is 314 g/mol. The van der Waals surface area contributed by atoms with Crippen molar-refractivity contribution in [2.45, 2.75) is 32.6 Å². The summed E-state index contributed by atoms with van der Waals surface area (Å²) in [6, 6.07) is 2.66. The average molecular weight is 331 g/mol. The van der Waals surface area contributed by atoms with Crippen molar-refractivity contribution in [2.24, 2.45) is 0 Å². The van der Waals surface area contributed by atoms with Crippen LogP contribution in [-0.2, 0) is 6.54 Å². The average Bonchev–Trinajstić information content (AvgIpc) is 2.87. The van der Waals surface area contributed by atoms with Crippen LogP contribution in [0.3, 0.4) is 0 Å². The van der Waals surface area contributed by atoms with Crippen LogP contribution >= 0.6 is 0 Å². The molecule has 1 N–H and O–H groups in total. The third kappa shape index (κ3) is 3.57. The normalized spacial score (nSPS) is 13.0. The van der Waals surface area contributed by atoms with Gasteiger partial charge in [-0.25, -0.2) is 4.39 Å². The lowest BCUT2D eigenvalue weighted by atomic mass is 10.1. The van der Waals surface area contributed by atoms with E-state index < -0.39 is 18.0 Å². The first kappa shape index (κ1) is 17.1. The quantitative estimate of drug-likeness (QED) is 0.839. The van der Waals surface area contributed by atoms with Crippen molar-refractivity contribution in [3.8, 4) is 17.0 Å². The van der Waals surface area contributed by atoms with Crippen LogP contribution in [0.2, 0.25) is 0 Å². The van der Waals surface area contributed by atoms with Gasteiger partial charge in [0.15, 0.2) is 5.82 Å². The van der Waals surface area contributed by atoms with Crippen LogP contribution in [0.15, 0.2) is 24.4 Å². The smallest absolute Gasteiger partial charge is 0.408 e. The summed E-state index contributed by atoms with van der Waals surface area (Å²) in [5.41, 5.74) is 0.896. The highest BCUT2D eigenvalue weighted by molar-refractivity contribution is 5.71. The summed E-state index contributed by atoms with van der Waals surface area (Å²) in [5, 5.41) is 6.26. The van der Waals surface area contributed by atoms with Gasteiger partial charge in [-0.15, -0.1) is 0 Å². The molecule has 0 saturated heterocycles. The minimum Gasteiger partial charge on any atom is -0.496 e. The molecule has 1 heterocycles. The second kappa shape index (κ2) is 6.47. The van der Waals surface area contributed by atoms with Crippen molar-refractivity contribution in [2.75, 3.05) is 12.4 Å². The van der Waals surface area contributed by atoms with Gasteiger partial charge >= 0.3 is 6.18 Å². The van der Waals surface area contributed by atoms with Crippen LogP contribution in [0.4, 0.5) is 23.2 Å². The van der Waals surface area contributed by atoms with E-state index in [-0.39, 0.29) is 17.1 Å². The number of rotatable bonds is 5. The van der Waals surface area contributed by atoms with E-state index in [9.17, 15) is 17.6 Å². The molecule has 2 rings (SSSR count). The van der Waals surface area contributed by atoms with E-state index in [4.69, 9.17) is 4.74 Å². The van der Waals surface area contributed by atoms with Gasteiger partial charge in [0, 0.05) is 23.9 Å². The van der Waals surface area contributed by atoms with E-state index in [1.165, 1.54) is 30.0 Å². The maximum Gasteiger partial charge on any atom is 0.408 e. The lowest BCUT2D eigenvalue weighted by molar-refractivity contribution is -0.138. The fraction of sp³-hybridized carbons (Fsp3) is 0.400. The first-order valence-corrected chi connectivity index (χ1v) is 7.00. The van der Waals surface area contributed by atoms with E-state index in [0.29, 0.717) is 12.1 Å². The zero-order valence-electron chi connectivity index (χ0n) is 12.9. The van der Waals surface area contributed by atoms with Crippen molar-refractivity contribution in [1.82, 2.24) is 9.78 Å². The predicted octanol–water partition coefficient (Wildman–Crippen LogP) is 4.08. The Morgan fingerprint density at radius 2 is 2.04 bits per heavy atom. The monoisotopic (exact) mass is 331 g/mol. The molecule has 0 bridgehead atoms. The van der Waals surface area contributed by atoms with E-state index in [1.807, 2.05) is 6.92 Å². The summed E-state index contributed by atoms with van der Waals surface area (Å²) < 4.78 is 58.5. The van der Waals surface area contributed by atoms with E-state index in [2.05, 4.69) is 10.4 Å². The number of hydrogen-bond acceptors (Lipinski definition) is 3. The summed E-state index contributed by atoms with van der Waals surface area (Å²) in [7, 11) is 1.38. The Morgan fingerprint density at radius 1 is 1.35 bits per heavy atom. The summed E-state index contributed by atoms with van der Waals surface area (Å²) >= 11 is 0. The number of nitrogens with zero attached hydrogens (tertiary/aromatic N) is 2. The number of nitrogens with one attached hydrogen (secondary N) is 1. The molecule has 0 aliphatic rings. The highest BCUT2D eigenvalue weighted by atomic mass is 19.4. The van der Waals surface area contributed by atoms with Gasteiger partial charge < -0.3 is 10.1 Å². The molecule has 0 saturated carbocycles. The second-order valence-electron chi connectivity index (χ2n) is 4.98. The fourth-order valence-electron chi connectivity index (χ4n) is 2.18. The van der Waals surface area contributed by atoms with Gasteiger partial charge in [0.2, 0.25) is 0 Å². The molecule has 0 unspecified atom stereocenters. The molecule has 1 aromatic heterocycles. The minimum absolute atomic E-state index is 0.235. The third-order valence-electron chi connectivity index (χ3n) is 3.43. The number of hydrogen-bond donors (Lipinski definition) is 1. The van der Waals surface area contributed by atoms with Gasteiger partial charge in [-0.1, -0.05) is 0 Å². The summed E-state index contributed by atoms with van der Waals surface area (Å²) in [4.78, 5) is 0. The summed E-state index contributed by atoms with van der Waals surface area (Å²) in [6.45, 7) is 3.28. The molecule has 2 aromatic rings. The maximum atomic E-state index is 14.0.